The first-order valence-corrected chi connectivity index (χ1v) is 9.42. The molecule has 1 amide bonds. The molecule has 0 saturated heterocycles. The van der Waals surface area contributed by atoms with Gasteiger partial charge in [0.2, 0.25) is 5.91 Å². The van der Waals surface area contributed by atoms with Crippen molar-refractivity contribution in [3.8, 4) is 11.4 Å². The summed E-state index contributed by atoms with van der Waals surface area (Å²) < 4.78 is 0. The van der Waals surface area contributed by atoms with E-state index in [1.54, 1.807) is 37.8 Å². The molecule has 0 bridgehead atoms. The summed E-state index contributed by atoms with van der Waals surface area (Å²) in [4.78, 5) is 46.7. The molecule has 3 aromatic heterocycles. The summed E-state index contributed by atoms with van der Waals surface area (Å²) in [5, 5.41) is 0. The number of hydrogen-bond donors (Lipinski definition) is 2. The molecule has 0 fully saturated rings. The summed E-state index contributed by atoms with van der Waals surface area (Å²) >= 11 is 0. The number of pyridine rings is 1. The minimum Gasteiger partial charge on any atom is -0.369 e. The van der Waals surface area contributed by atoms with Crippen LogP contribution in [0.2, 0.25) is 0 Å². The van der Waals surface area contributed by atoms with Crippen LogP contribution in [0.3, 0.4) is 0 Å². The number of H-pyrrole nitrogens is 1. The maximum atomic E-state index is 12.7. The normalized spacial score (nSPS) is 18.9. The highest BCUT2D eigenvalue weighted by Crippen LogP contribution is 2.32. The first kappa shape index (κ1) is 19.4. The summed E-state index contributed by atoms with van der Waals surface area (Å²) in [5.74, 6) is -0.148. The van der Waals surface area contributed by atoms with Gasteiger partial charge >= 0.3 is 0 Å². The summed E-state index contributed by atoms with van der Waals surface area (Å²) in [5.41, 5.74) is 8.13. The van der Waals surface area contributed by atoms with Crippen LogP contribution >= 0.6 is 0 Å². The average molecular weight is 403 g/mol. The quantitative estimate of drug-likeness (QED) is 0.624. The molecule has 0 spiro atoms. The number of nitrogens with zero attached hydrogens (tertiary/aromatic N) is 5. The van der Waals surface area contributed by atoms with Gasteiger partial charge in [-0.15, -0.1) is 0 Å². The minimum atomic E-state index is -0.871. The molecular formula is C21H21N7O2. The van der Waals surface area contributed by atoms with E-state index >= 15 is 0 Å². The number of aromatic amines is 1. The van der Waals surface area contributed by atoms with E-state index in [0.29, 0.717) is 11.4 Å². The molecule has 152 valence electrons. The average Bonchev–Trinajstić information content (AvgIpc) is 3.27. The predicted molar refractivity (Wildman–Crippen MR) is 110 cm³/mol. The van der Waals surface area contributed by atoms with Gasteiger partial charge in [0.25, 0.3) is 0 Å². The lowest BCUT2D eigenvalue weighted by atomic mass is 9.90. The summed E-state index contributed by atoms with van der Waals surface area (Å²) in [6.07, 6.45) is 6.74. The van der Waals surface area contributed by atoms with E-state index in [0.717, 1.165) is 11.3 Å². The second kappa shape index (κ2) is 7.51. The fourth-order valence-electron chi connectivity index (χ4n) is 3.31. The van der Waals surface area contributed by atoms with E-state index in [-0.39, 0.29) is 36.2 Å². The highest BCUT2D eigenvalue weighted by molar-refractivity contribution is 5.98. The van der Waals surface area contributed by atoms with E-state index < -0.39 is 5.54 Å². The number of carbonyl (C=O) groups is 2. The first-order valence-electron chi connectivity index (χ1n) is 9.42. The van der Waals surface area contributed by atoms with Gasteiger partial charge in [-0.05, 0) is 36.8 Å². The molecule has 1 aliphatic rings. The Morgan fingerprint density at radius 2 is 2.10 bits per heavy atom. The van der Waals surface area contributed by atoms with Crippen LogP contribution in [0.5, 0.6) is 0 Å². The van der Waals surface area contributed by atoms with Crippen LogP contribution in [-0.2, 0) is 16.8 Å². The lowest BCUT2D eigenvalue weighted by molar-refractivity contribution is -0.128. The Labute approximate surface area is 173 Å². The predicted octanol–water partition coefficient (Wildman–Crippen LogP) is 1.68. The Hall–Kier alpha value is -3.88. The number of aromatic nitrogens is 4. The van der Waals surface area contributed by atoms with Crippen LogP contribution in [0, 0.1) is 0 Å². The van der Waals surface area contributed by atoms with Crippen LogP contribution in [0.1, 0.15) is 35.1 Å². The van der Waals surface area contributed by atoms with Gasteiger partial charge in [-0.2, -0.15) is 0 Å². The molecular weight excluding hydrogens is 382 g/mol. The Bertz CT molecular complexity index is 1120. The molecule has 30 heavy (non-hydrogen) atoms. The van der Waals surface area contributed by atoms with Crippen molar-refractivity contribution in [2.24, 2.45) is 10.7 Å². The second-order valence-electron chi connectivity index (χ2n) is 7.39. The fourth-order valence-corrected chi connectivity index (χ4v) is 3.31. The van der Waals surface area contributed by atoms with Crippen LogP contribution in [0.25, 0.3) is 11.4 Å². The van der Waals surface area contributed by atoms with Crippen molar-refractivity contribution in [2.75, 3.05) is 7.05 Å². The first-order chi connectivity index (χ1) is 14.4. The van der Waals surface area contributed by atoms with Crippen molar-refractivity contribution in [3.63, 3.8) is 0 Å². The Balaban J connectivity index is 1.53. The van der Waals surface area contributed by atoms with Crippen molar-refractivity contribution in [3.05, 3.63) is 66.0 Å². The van der Waals surface area contributed by atoms with Gasteiger partial charge in [-0.1, -0.05) is 0 Å². The van der Waals surface area contributed by atoms with Crippen LogP contribution in [0.15, 0.2) is 54.0 Å². The molecule has 9 nitrogen and oxygen atoms in total. The molecule has 4 heterocycles. The summed E-state index contributed by atoms with van der Waals surface area (Å²) in [6.45, 7) is 1.81. The monoisotopic (exact) mass is 403 g/mol. The van der Waals surface area contributed by atoms with Crippen LogP contribution in [0.4, 0.5) is 0 Å². The topological polar surface area (TPSA) is 130 Å². The summed E-state index contributed by atoms with van der Waals surface area (Å²) in [6, 6.07) is 7.30. The Morgan fingerprint density at radius 3 is 2.77 bits per heavy atom. The zero-order chi connectivity index (χ0) is 21.3. The van der Waals surface area contributed by atoms with Gasteiger partial charge < -0.3 is 10.7 Å². The third-order valence-corrected chi connectivity index (χ3v) is 5.13. The molecule has 0 radical (unpaired) electrons. The van der Waals surface area contributed by atoms with Crippen LogP contribution in [-0.4, -0.2) is 49.5 Å². The number of hydrogen-bond acceptors (Lipinski definition) is 7. The number of ketones is 1. The van der Waals surface area contributed by atoms with E-state index in [1.807, 2.05) is 19.1 Å². The molecule has 0 aliphatic carbocycles. The molecule has 1 aliphatic heterocycles. The zero-order valence-electron chi connectivity index (χ0n) is 16.7. The third-order valence-electron chi connectivity index (χ3n) is 5.13. The van der Waals surface area contributed by atoms with E-state index in [1.165, 1.54) is 11.1 Å². The minimum absolute atomic E-state index is 0.134. The van der Waals surface area contributed by atoms with Gasteiger partial charge in [0.15, 0.2) is 11.7 Å². The number of Topliss-reactive ketones (excluding diaryl/α,β-unsaturated/α-hetero) is 1. The maximum Gasteiger partial charge on any atom is 0.231 e. The number of nitrogens with two attached hydrogens (primary N) is 1. The maximum absolute atomic E-state index is 12.7. The van der Waals surface area contributed by atoms with Crippen molar-refractivity contribution in [2.45, 2.75) is 25.3 Å². The molecule has 4 rings (SSSR count). The van der Waals surface area contributed by atoms with Gasteiger partial charge in [-0.25, -0.2) is 9.98 Å². The summed E-state index contributed by atoms with van der Waals surface area (Å²) in [7, 11) is 1.59. The number of nitrogens with one attached hydrogen (secondary N) is 1. The lowest BCUT2D eigenvalue weighted by Crippen LogP contribution is -2.47. The smallest absolute Gasteiger partial charge is 0.231 e. The van der Waals surface area contributed by atoms with Crippen molar-refractivity contribution >= 4 is 17.6 Å². The molecule has 3 N–H and O–H groups in total. The number of rotatable bonds is 5. The standard InChI is InChI=1S/C21H21N7O2/c1-21(10-19(30)28(2)20(22)27-21)18-9-13(5-7-24-18)8-17(29)16-12-25-15(11-26-16)14-4-3-6-23-14/h3-7,9,11-12,23H,8,10H2,1-2H3,(H2,22,27). The lowest BCUT2D eigenvalue weighted by Gasteiger charge is -2.32. The SMILES string of the molecule is CN1C(=O)CC(C)(c2cc(CC(=O)c3cnc(-c4ccc[nH]4)cn3)ccn2)N=C1N. The second-order valence-corrected chi connectivity index (χ2v) is 7.39. The van der Waals surface area contributed by atoms with Gasteiger partial charge in [0.05, 0.1) is 30.2 Å². The van der Waals surface area contributed by atoms with E-state index in [4.69, 9.17) is 5.73 Å². The number of guanidine groups is 1. The van der Waals surface area contributed by atoms with Crippen molar-refractivity contribution < 1.29 is 9.59 Å². The van der Waals surface area contributed by atoms with Gasteiger partial charge in [0.1, 0.15) is 16.9 Å². The molecule has 1 atom stereocenters. The Kier molecular flexibility index (Phi) is 4.86. The van der Waals surface area contributed by atoms with Crippen LogP contribution < -0.4 is 5.73 Å². The molecule has 3 aromatic rings. The van der Waals surface area contributed by atoms with Crippen molar-refractivity contribution in [1.29, 1.82) is 0 Å². The van der Waals surface area contributed by atoms with Crippen molar-refractivity contribution in [1.82, 2.24) is 24.8 Å². The molecule has 9 heteroatoms. The number of carbonyl (C=O) groups excluding carboxylic acids is 2. The highest BCUT2D eigenvalue weighted by atomic mass is 16.2. The molecule has 1 unspecified atom stereocenters. The van der Waals surface area contributed by atoms with E-state index in [2.05, 4.69) is 24.9 Å². The van der Waals surface area contributed by atoms with E-state index in [9.17, 15) is 9.59 Å². The van der Waals surface area contributed by atoms with Gasteiger partial charge in [-0.3, -0.25) is 24.5 Å². The number of aliphatic imine (C=N–C) groups is 1. The molecule has 0 saturated carbocycles. The Morgan fingerprint density at radius 1 is 1.27 bits per heavy atom. The number of amides is 1. The third kappa shape index (κ3) is 3.69. The highest BCUT2D eigenvalue weighted by Gasteiger charge is 2.37. The fraction of sp³-hybridized carbons (Fsp3) is 0.238. The molecule has 0 aromatic carbocycles. The zero-order valence-corrected chi connectivity index (χ0v) is 16.7. The largest absolute Gasteiger partial charge is 0.369 e. The van der Waals surface area contributed by atoms with Gasteiger partial charge in [0, 0.05) is 25.9 Å².